The van der Waals surface area contributed by atoms with Gasteiger partial charge in [-0.25, -0.2) is 0 Å². The SMILES string of the molecule is CN[C@@H]1CCCN1C(=O)CNC(=O)c1cccc2ccccc12. The Morgan fingerprint density at radius 3 is 2.78 bits per heavy atom. The molecule has 1 fully saturated rings. The molecule has 1 saturated heterocycles. The number of carbonyl (C=O) groups is 2. The standard InChI is InChI=1S/C18H21N3O2/c1-19-16-10-5-11-21(16)17(22)12-20-18(23)15-9-4-7-13-6-2-3-8-14(13)15/h2-4,6-9,16,19H,5,10-12H2,1H3,(H,20,23)/t16-/m0/s1. The molecule has 1 aliphatic rings. The van der Waals surface area contributed by atoms with Gasteiger partial charge in [-0.15, -0.1) is 0 Å². The van der Waals surface area contributed by atoms with Gasteiger partial charge in [-0.1, -0.05) is 36.4 Å². The molecular weight excluding hydrogens is 290 g/mol. The monoisotopic (exact) mass is 311 g/mol. The van der Waals surface area contributed by atoms with E-state index in [9.17, 15) is 9.59 Å². The molecule has 5 nitrogen and oxygen atoms in total. The number of likely N-dealkylation sites (tertiary alicyclic amines) is 1. The zero-order valence-electron chi connectivity index (χ0n) is 13.2. The molecule has 0 aromatic heterocycles. The average Bonchev–Trinajstić information content (AvgIpc) is 3.07. The predicted octanol–water partition coefficient (Wildman–Crippen LogP) is 1.74. The molecule has 0 radical (unpaired) electrons. The molecule has 2 N–H and O–H groups in total. The van der Waals surface area contributed by atoms with Crippen molar-refractivity contribution < 1.29 is 9.59 Å². The van der Waals surface area contributed by atoms with Crippen molar-refractivity contribution in [2.45, 2.75) is 19.0 Å². The molecule has 0 unspecified atom stereocenters. The molecule has 1 aliphatic heterocycles. The van der Waals surface area contributed by atoms with E-state index in [2.05, 4.69) is 10.6 Å². The minimum Gasteiger partial charge on any atom is -0.343 e. The quantitative estimate of drug-likeness (QED) is 0.904. The highest BCUT2D eigenvalue weighted by Gasteiger charge is 2.27. The van der Waals surface area contributed by atoms with Gasteiger partial charge in [0.1, 0.15) is 0 Å². The van der Waals surface area contributed by atoms with Crippen LogP contribution in [0, 0.1) is 0 Å². The number of carbonyl (C=O) groups excluding carboxylic acids is 2. The lowest BCUT2D eigenvalue weighted by molar-refractivity contribution is -0.131. The van der Waals surface area contributed by atoms with Crippen LogP contribution >= 0.6 is 0 Å². The summed E-state index contributed by atoms with van der Waals surface area (Å²) in [7, 11) is 1.85. The molecule has 5 heteroatoms. The maximum absolute atomic E-state index is 12.4. The van der Waals surface area contributed by atoms with Crippen LogP contribution < -0.4 is 10.6 Å². The Kier molecular flexibility index (Phi) is 4.57. The number of nitrogens with one attached hydrogen (secondary N) is 2. The van der Waals surface area contributed by atoms with Crippen LogP contribution in [0.15, 0.2) is 42.5 Å². The fourth-order valence-electron chi connectivity index (χ4n) is 3.14. The van der Waals surface area contributed by atoms with E-state index in [1.54, 1.807) is 11.0 Å². The van der Waals surface area contributed by atoms with Crippen LogP contribution in [0.4, 0.5) is 0 Å². The number of fused-ring (bicyclic) bond motifs is 1. The van der Waals surface area contributed by atoms with Gasteiger partial charge in [0.25, 0.3) is 5.91 Å². The summed E-state index contributed by atoms with van der Waals surface area (Å²) in [5.41, 5.74) is 0.600. The minimum absolute atomic E-state index is 0.0280. The second-order valence-electron chi connectivity index (χ2n) is 5.74. The number of hydrogen-bond acceptors (Lipinski definition) is 3. The average molecular weight is 311 g/mol. The highest BCUT2D eigenvalue weighted by molar-refractivity contribution is 6.07. The van der Waals surface area contributed by atoms with Gasteiger partial charge in [0.15, 0.2) is 0 Å². The molecule has 0 saturated carbocycles. The highest BCUT2D eigenvalue weighted by atomic mass is 16.2. The van der Waals surface area contributed by atoms with Crippen molar-refractivity contribution in [3.8, 4) is 0 Å². The molecule has 0 spiro atoms. The van der Waals surface area contributed by atoms with Crippen molar-refractivity contribution in [1.82, 2.24) is 15.5 Å². The maximum atomic E-state index is 12.4. The molecule has 0 bridgehead atoms. The van der Waals surface area contributed by atoms with Crippen molar-refractivity contribution in [2.24, 2.45) is 0 Å². The van der Waals surface area contributed by atoms with Gasteiger partial charge in [-0.05, 0) is 36.7 Å². The largest absolute Gasteiger partial charge is 0.343 e. The Labute approximate surface area is 135 Å². The van der Waals surface area contributed by atoms with Gasteiger partial charge < -0.3 is 15.5 Å². The van der Waals surface area contributed by atoms with Crippen molar-refractivity contribution in [3.05, 3.63) is 48.0 Å². The van der Waals surface area contributed by atoms with E-state index in [-0.39, 0.29) is 24.5 Å². The lowest BCUT2D eigenvalue weighted by atomic mass is 10.0. The van der Waals surface area contributed by atoms with Crippen LogP contribution in [0.3, 0.4) is 0 Å². The second kappa shape index (κ2) is 6.79. The molecule has 2 aromatic carbocycles. The number of nitrogens with zero attached hydrogens (tertiary/aromatic N) is 1. The summed E-state index contributed by atoms with van der Waals surface area (Å²) in [4.78, 5) is 26.5. The normalized spacial score (nSPS) is 17.4. The fourth-order valence-corrected chi connectivity index (χ4v) is 3.14. The molecule has 23 heavy (non-hydrogen) atoms. The zero-order valence-corrected chi connectivity index (χ0v) is 13.2. The maximum Gasteiger partial charge on any atom is 0.252 e. The van der Waals surface area contributed by atoms with E-state index < -0.39 is 0 Å². The van der Waals surface area contributed by atoms with Crippen LogP contribution in [0.25, 0.3) is 10.8 Å². The number of amides is 2. The lowest BCUT2D eigenvalue weighted by Gasteiger charge is -2.24. The summed E-state index contributed by atoms with van der Waals surface area (Å²) in [6.07, 6.45) is 2.03. The predicted molar refractivity (Wildman–Crippen MR) is 90.1 cm³/mol. The van der Waals surface area contributed by atoms with Gasteiger partial charge >= 0.3 is 0 Å². The molecule has 0 aliphatic carbocycles. The molecule has 120 valence electrons. The Morgan fingerprint density at radius 2 is 1.96 bits per heavy atom. The van der Waals surface area contributed by atoms with Crippen LogP contribution in [0.5, 0.6) is 0 Å². The lowest BCUT2D eigenvalue weighted by Crippen LogP contribution is -2.47. The zero-order chi connectivity index (χ0) is 16.2. The fraction of sp³-hybridized carbons (Fsp3) is 0.333. The van der Waals surface area contributed by atoms with E-state index in [4.69, 9.17) is 0 Å². The van der Waals surface area contributed by atoms with Crippen molar-refractivity contribution in [2.75, 3.05) is 20.1 Å². The third kappa shape index (κ3) is 3.19. The highest BCUT2D eigenvalue weighted by Crippen LogP contribution is 2.18. The van der Waals surface area contributed by atoms with Crippen molar-refractivity contribution >= 4 is 22.6 Å². The number of rotatable bonds is 4. The number of hydrogen-bond donors (Lipinski definition) is 2. The first-order valence-electron chi connectivity index (χ1n) is 7.93. The summed E-state index contributed by atoms with van der Waals surface area (Å²) >= 11 is 0. The summed E-state index contributed by atoms with van der Waals surface area (Å²) < 4.78 is 0. The van der Waals surface area contributed by atoms with Crippen LogP contribution in [-0.4, -0.2) is 43.0 Å². The smallest absolute Gasteiger partial charge is 0.252 e. The molecule has 1 heterocycles. The van der Waals surface area contributed by atoms with Gasteiger partial charge in [0, 0.05) is 12.1 Å². The first-order chi connectivity index (χ1) is 11.2. The summed E-state index contributed by atoms with van der Waals surface area (Å²) in [6, 6.07) is 13.4. The second-order valence-corrected chi connectivity index (χ2v) is 5.74. The van der Waals surface area contributed by atoms with E-state index in [0.717, 1.165) is 30.2 Å². The Hall–Kier alpha value is -2.40. The third-order valence-electron chi connectivity index (χ3n) is 4.34. The van der Waals surface area contributed by atoms with E-state index in [1.807, 2.05) is 43.4 Å². The first kappa shape index (κ1) is 15.5. The van der Waals surface area contributed by atoms with Gasteiger partial charge in [0.05, 0.1) is 12.7 Å². The Bertz CT molecular complexity index is 724. The van der Waals surface area contributed by atoms with Crippen LogP contribution in [0.2, 0.25) is 0 Å². The summed E-state index contributed by atoms with van der Waals surface area (Å²) in [5.74, 6) is -0.259. The molecule has 2 amide bonds. The van der Waals surface area contributed by atoms with Gasteiger partial charge in [-0.2, -0.15) is 0 Å². The van der Waals surface area contributed by atoms with Crippen molar-refractivity contribution in [3.63, 3.8) is 0 Å². The Balaban J connectivity index is 1.68. The topological polar surface area (TPSA) is 61.4 Å². The van der Waals surface area contributed by atoms with Gasteiger partial charge in [-0.3, -0.25) is 9.59 Å². The van der Waals surface area contributed by atoms with Gasteiger partial charge in [0.2, 0.25) is 5.91 Å². The molecule has 3 rings (SSSR count). The summed E-state index contributed by atoms with van der Waals surface area (Å²) in [5, 5.41) is 7.80. The molecular formula is C18H21N3O2. The first-order valence-corrected chi connectivity index (χ1v) is 7.93. The molecule has 1 atom stereocenters. The van der Waals surface area contributed by atoms with Crippen molar-refractivity contribution in [1.29, 1.82) is 0 Å². The van der Waals surface area contributed by atoms with E-state index >= 15 is 0 Å². The summed E-state index contributed by atoms with van der Waals surface area (Å²) in [6.45, 7) is 0.773. The van der Waals surface area contributed by atoms with E-state index in [1.165, 1.54) is 0 Å². The van der Waals surface area contributed by atoms with Crippen LogP contribution in [-0.2, 0) is 4.79 Å². The number of benzene rings is 2. The third-order valence-corrected chi connectivity index (χ3v) is 4.34. The minimum atomic E-state index is -0.213. The molecule has 2 aromatic rings. The van der Waals surface area contributed by atoms with E-state index in [0.29, 0.717) is 5.56 Å². The Morgan fingerprint density at radius 1 is 1.17 bits per heavy atom. The van der Waals surface area contributed by atoms with Crippen LogP contribution in [0.1, 0.15) is 23.2 Å².